The number of hydrogen-bond acceptors (Lipinski definition) is 5. The van der Waals surface area contributed by atoms with Gasteiger partial charge in [0.05, 0.1) is 15.5 Å². The Balaban J connectivity index is 1.71. The zero-order valence-electron chi connectivity index (χ0n) is 14.0. The second-order valence-electron chi connectivity index (χ2n) is 5.97. The lowest BCUT2D eigenvalue weighted by Crippen LogP contribution is -2.49. The zero-order valence-corrected chi connectivity index (χ0v) is 14.7. The fraction of sp³-hybridized carbons (Fsp3) is 0.294. The summed E-state index contributed by atoms with van der Waals surface area (Å²) in [6.07, 6.45) is 1.22. The number of amides is 1. The number of hydrogen-bond donors (Lipinski definition) is 0. The molecule has 7 nitrogen and oxygen atoms in total. The molecule has 0 aliphatic carbocycles. The van der Waals surface area contributed by atoms with Gasteiger partial charge in [0.25, 0.3) is 11.6 Å². The second-order valence-corrected chi connectivity index (χ2v) is 6.37. The lowest BCUT2D eigenvalue weighted by atomic mass is 10.1. The molecule has 1 aliphatic rings. The van der Waals surface area contributed by atoms with E-state index in [1.165, 1.54) is 30.5 Å². The van der Waals surface area contributed by atoms with Crippen LogP contribution in [0.2, 0.25) is 5.02 Å². The summed E-state index contributed by atoms with van der Waals surface area (Å²) in [5.41, 5.74) is 0.512. The monoisotopic (exact) mass is 378 g/mol. The third-order valence-corrected chi connectivity index (χ3v) is 4.61. The van der Waals surface area contributed by atoms with E-state index in [4.69, 9.17) is 11.6 Å². The predicted molar refractivity (Wildman–Crippen MR) is 95.2 cm³/mol. The fourth-order valence-electron chi connectivity index (χ4n) is 2.97. The van der Waals surface area contributed by atoms with Crippen molar-refractivity contribution in [2.75, 3.05) is 31.1 Å². The molecule has 1 aromatic heterocycles. The SMILES string of the molecule is Cc1cc([N+](=O)[O-])cnc1N1CCN(C(=O)c2c(F)cccc2Cl)CC1. The van der Waals surface area contributed by atoms with E-state index in [-0.39, 0.29) is 16.3 Å². The number of carbonyl (C=O) groups is 1. The largest absolute Gasteiger partial charge is 0.353 e. The maximum absolute atomic E-state index is 13.9. The Bertz CT molecular complexity index is 849. The van der Waals surface area contributed by atoms with Gasteiger partial charge in [0.2, 0.25) is 0 Å². The minimum atomic E-state index is -0.641. The Kier molecular flexibility index (Phi) is 5.03. The predicted octanol–water partition coefficient (Wildman–Crippen LogP) is 3.05. The van der Waals surface area contributed by atoms with Crippen molar-refractivity contribution in [2.24, 2.45) is 0 Å². The van der Waals surface area contributed by atoms with Crippen molar-refractivity contribution in [3.8, 4) is 0 Å². The molecule has 0 radical (unpaired) electrons. The molecule has 1 aromatic carbocycles. The molecule has 0 bridgehead atoms. The van der Waals surface area contributed by atoms with Crippen LogP contribution < -0.4 is 4.90 Å². The van der Waals surface area contributed by atoms with Crippen molar-refractivity contribution < 1.29 is 14.1 Å². The van der Waals surface area contributed by atoms with E-state index in [1.54, 1.807) is 11.8 Å². The molecule has 0 spiro atoms. The van der Waals surface area contributed by atoms with Crippen molar-refractivity contribution in [1.29, 1.82) is 0 Å². The lowest BCUT2D eigenvalue weighted by molar-refractivity contribution is -0.385. The molecule has 2 heterocycles. The highest BCUT2D eigenvalue weighted by molar-refractivity contribution is 6.33. The van der Waals surface area contributed by atoms with Gasteiger partial charge in [0.1, 0.15) is 17.8 Å². The van der Waals surface area contributed by atoms with E-state index in [0.717, 1.165) is 0 Å². The van der Waals surface area contributed by atoms with Crippen molar-refractivity contribution in [3.63, 3.8) is 0 Å². The maximum Gasteiger partial charge on any atom is 0.287 e. The standard InChI is InChI=1S/C17H16ClFN4O3/c1-11-9-12(23(25)26)10-20-16(11)21-5-7-22(8-6-21)17(24)15-13(18)3-2-4-14(15)19/h2-4,9-10H,5-8H2,1H3. The number of halogens is 2. The van der Waals surface area contributed by atoms with Crippen molar-refractivity contribution in [1.82, 2.24) is 9.88 Å². The number of pyridine rings is 1. The first-order valence-corrected chi connectivity index (χ1v) is 8.35. The molecule has 1 saturated heterocycles. The Morgan fingerprint density at radius 3 is 2.58 bits per heavy atom. The van der Waals surface area contributed by atoms with Gasteiger partial charge in [0.15, 0.2) is 0 Å². The van der Waals surface area contributed by atoms with E-state index in [1.807, 2.05) is 4.90 Å². The van der Waals surface area contributed by atoms with Gasteiger partial charge in [-0.05, 0) is 24.6 Å². The summed E-state index contributed by atoms with van der Waals surface area (Å²) in [6, 6.07) is 5.62. The van der Waals surface area contributed by atoms with Crippen molar-refractivity contribution >= 4 is 29.0 Å². The number of carbonyl (C=O) groups excluding carboxylic acids is 1. The smallest absolute Gasteiger partial charge is 0.287 e. The van der Waals surface area contributed by atoms with Gasteiger partial charge in [-0.3, -0.25) is 14.9 Å². The summed E-state index contributed by atoms with van der Waals surface area (Å²) in [5.74, 6) is -0.439. The Labute approximate surface area is 154 Å². The molecule has 0 unspecified atom stereocenters. The van der Waals surface area contributed by atoms with Gasteiger partial charge in [-0.2, -0.15) is 0 Å². The summed E-state index contributed by atoms with van der Waals surface area (Å²) >= 11 is 5.97. The average Bonchev–Trinajstić information content (AvgIpc) is 2.61. The van der Waals surface area contributed by atoms with Crippen LogP contribution in [0.15, 0.2) is 30.5 Å². The van der Waals surface area contributed by atoms with Gasteiger partial charge in [-0.25, -0.2) is 9.37 Å². The van der Waals surface area contributed by atoms with E-state index in [0.29, 0.717) is 37.6 Å². The van der Waals surface area contributed by atoms with E-state index < -0.39 is 16.6 Å². The number of aromatic nitrogens is 1. The molecule has 1 fully saturated rings. The lowest BCUT2D eigenvalue weighted by Gasteiger charge is -2.36. The number of piperazine rings is 1. The third-order valence-electron chi connectivity index (χ3n) is 4.29. The summed E-state index contributed by atoms with van der Waals surface area (Å²) in [5, 5.41) is 10.9. The molecule has 9 heteroatoms. The van der Waals surface area contributed by atoms with Crippen LogP contribution >= 0.6 is 11.6 Å². The average molecular weight is 379 g/mol. The molecule has 2 aromatic rings. The first-order chi connectivity index (χ1) is 12.4. The Hall–Kier alpha value is -2.74. The van der Waals surface area contributed by atoms with Crippen molar-refractivity contribution in [3.05, 3.63) is 62.5 Å². The molecular weight excluding hydrogens is 363 g/mol. The molecule has 0 atom stereocenters. The first kappa shape index (κ1) is 18.1. The van der Waals surface area contributed by atoms with Crippen LogP contribution in [0.1, 0.15) is 15.9 Å². The summed E-state index contributed by atoms with van der Waals surface area (Å²) in [7, 11) is 0. The van der Waals surface area contributed by atoms with Crippen LogP contribution in [0.25, 0.3) is 0 Å². The van der Waals surface area contributed by atoms with Crippen LogP contribution in [-0.2, 0) is 0 Å². The number of rotatable bonds is 3. The van der Waals surface area contributed by atoms with Gasteiger partial charge in [-0.1, -0.05) is 17.7 Å². The van der Waals surface area contributed by atoms with Crippen LogP contribution in [0, 0.1) is 22.9 Å². The van der Waals surface area contributed by atoms with E-state index in [2.05, 4.69) is 4.98 Å². The first-order valence-electron chi connectivity index (χ1n) is 7.97. The fourth-order valence-corrected chi connectivity index (χ4v) is 3.21. The molecule has 0 N–H and O–H groups in total. The van der Waals surface area contributed by atoms with Gasteiger partial charge >= 0.3 is 0 Å². The van der Waals surface area contributed by atoms with E-state index in [9.17, 15) is 19.3 Å². The van der Waals surface area contributed by atoms with Gasteiger partial charge in [0, 0.05) is 32.2 Å². The topological polar surface area (TPSA) is 79.6 Å². The third kappa shape index (κ3) is 3.45. The van der Waals surface area contributed by atoms with Gasteiger partial charge < -0.3 is 9.80 Å². The molecule has 1 aliphatic heterocycles. The minimum absolute atomic E-state index is 0.0609. The molecule has 136 valence electrons. The van der Waals surface area contributed by atoms with Crippen LogP contribution in [0.4, 0.5) is 15.9 Å². The van der Waals surface area contributed by atoms with Gasteiger partial charge in [-0.15, -0.1) is 0 Å². The Morgan fingerprint density at radius 1 is 1.31 bits per heavy atom. The molecule has 3 rings (SSSR count). The minimum Gasteiger partial charge on any atom is -0.353 e. The zero-order chi connectivity index (χ0) is 18.8. The number of nitrogens with zero attached hydrogens (tertiary/aromatic N) is 4. The molecule has 26 heavy (non-hydrogen) atoms. The highest BCUT2D eigenvalue weighted by Crippen LogP contribution is 2.25. The normalized spacial score (nSPS) is 14.4. The number of aryl methyl sites for hydroxylation is 1. The van der Waals surface area contributed by atoms with Crippen molar-refractivity contribution in [2.45, 2.75) is 6.92 Å². The second kappa shape index (κ2) is 7.25. The molecule has 1 amide bonds. The highest BCUT2D eigenvalue weighted by Gasteiger charge is 2.27. The van der Waals surface area contributed by atoms with Crippen LogP contribution in [0.5, 0.6) is 0 Å². The number of benzene rings is 1. The number of anilines is 1. The molecular formula is C17H16ClFN4O3. The number of nitro groups is 1. The summed E-state index contributed by atoms with van der Waals surface area (Å²) in [6.45, 7) is 3.49. The van der Waals surface area contributed by atoms with E-state index >= 15 is 0 Å². The van der Waals surface area contributed by atoms with Crippen LogP contribution in [0.3, 0.4) is 0 Å². The summed E-state index contributed by atoms with van der Waals surface area (Å²) in [4.78, 5) is 30.6. The Morgan fingerprint density at radius 2 is 2.00 bits per heavy atom. The maximum atomic E-state index is 13.9. The molecule has 0 saturated carbocycles. The van der Waals surface area contributed by atoms with Crippen LogP contribution in [-0.4, -0.2) is 46.9 Å². The quantitative estimate of drug-likeness (QED) is 0.605. The highest BCUT2D eigenvalue weighted by atomic mass is 35.5. The summed E-state index contributed by atoms with van der Waals surface area (Å²) < 4.78 is 13.9.